The smallest absolute Gasteiger partial charge is 0.0957 e. The minimum atomic E-state index is -0.450. The molecule has 0 bridgehead atoms. The summed E-state index contributed by atoms with van der Waals surface area (Å²) in [6.45, 7) is 3.88. The van der Waals surface area contributed by atoms with Crippen LogP contribution in [-0.4, -0.2) is 36.4 Å². The summed E-state index contributed by atoms with van der Waals surface area (Å²) in [6, 6.07) is 3.93. The number of methoxy groups -OCH3 is 1. The van der Waals surface area contributed by atoms with Gasteiger partial charge < -0.3 is 14.7 Å². The summed E-state index contributed by atoms with van der Waals surface area (Å²) in [5, 5.41) is 9.67. The second-order valence-corrected chi connectivity index (χ2v) is 4.46. The predicted octanol–water partition coefficient (Wildman–Crippen LogP) is 1.75. The molecule has 17 heavy (non-hydrogen) atoms. The van der Waals surface area contributed by atoms with E-state index in [4.69, 9.17) is 4.74 Å². The van der Waals surface area contributed by atoms with E-state index in [0.29, 0.717) is 12.5 Å². The van der Waals surface area contributed by atoms with Gasteiger partial charge in [-0.2, -0.15) is 0 Å². The number of aromatic nitrogens is 1. The number of pyridine rings is 1. The Morgan fingerprint density at radius 3 is 2.94 bits per heavy atom. The first kappa shape index (κ1) is 12.3. The van der Waals surface area contributed by atoms with Gasteiger partial charge in [0.1, 0.15) is 0 Å². The van der Waals surface area contributed by atoms with Crippen molar-refractivity contribution in [2.24, 2.45) is 0 Å². The van der Waals surface area contributed by atoms with Crippen molar-refractivity contribution in [2.75, 3.05) is 25.1 Å². The second kappa shape index (κ2) is 5.47. The molecule has 0 aliphatic carbocycles. The highest BCUT2D eigenvalue weighted by Gasteiger charge is 2.22. The van der Waals surface area contributed by atoms with E-state index >= 15 is 0 Å². The van der Waals surface area contributed by atoms with Crippen molar-refractivity contribution in [1.82, 2.24) is 4.98 Å². The van der Waals surface area contributed by atoms with Crippen molar-refractivity contribution in [3.05, 3.63) is 24.0 Å². The maximum atomic E-state index is 9.67. The minimum absolute atomic E-state index is 0.330. The fourth-order valence-electron chi connectivity index (χ4n) is 2.15. The predicted molar refractivity (Wildman–Crippen MR) is 67.1 cm³/mol. The molecule has 0 amide bonds. The molecule has 1 aromatic rings. The SMILES string of the molecule is CCC(O)c1ccc(N2CCC(OC)C2)cn1. The fraction of sp³-hybridized carbons (Fsp3) is 0.615. The van der Waals surface area contributed by atoms with Crippen molar-refractivity contribution >= 4 is 5.69 Å². The van der Waals surface area contributed by atoms with Crippen molar-refractivity contribution in [2.45, 2.75) is 32.0 Å². The Kier molecular flexibility index (Phi) is 3.97. The molecule has 0 saturated carbocycles. The first-order chi connectivity index (χ1) is 8.24. The van der Waals surface area contributed by atoms with Gasteiger partial charge in [-0.25, -0.2) is 0 Å². The molecule has 1 fully saturated rings. The van der Waals surface area contributed by atoms with Gasteiger partial charge in [0.25, 0.3) is 0 Å². The number of nitrogens with zero attached hydrogens (tertiary/aromatic N) is 2. The van der Waals surface area contributed by atoms with Gasteiger partial charge in [-0.15, -0.1) is 0 Å². The number of rotatable bonds is 4. The topological polar surface area (TPSA) is 45.6 Å². The van der Waals surface area contributed by atoms with Crippen LogP contribution in [0.3, 0.4) is 0 Å². The van der Waals surface area contributed by atoms with Crippen LogP contribution in [-0.2, 0) is 4.74 Å². The third-order valence-electron chi connectivity index (χ3n) is 3.34. The normalized spacial score (nSPS) is 21.8. The van der Waals surface area contributed by atoms with Crippen LogP contribution >= 0.6 is 0 Å². The summed E-state index contributed by atoms with van der Waals surface area (Å²) in [5.74, 6) is 0. The standard InChI is InChI=1S/C13H20N2O2/c1-3-13(16)12-5-4-10(8-14-12)15-7-6-11(9-15)17-2/h4-5,8,11,13,16H,3,6-7,9H2,1-2H3. The second-order valence-electron chi connectivity index (χ2n) is 4.46. The van der Waals surface area contributed by atoms with E-state index in [-0.39, 0.29) is 0 Å². The number of anilines is 1. The largest absolute Gasteiger partial charge is 0.387 e. The summed E-state index contributed by atoms with van der Waals surface area (Å²) < 4.78 is 5.34. The summed E-state index contributed by atoms with van der Waals surface area (Å²) >= 11 is 0. The molecule has 1 aliphatic rings. The number of ether oxygens (including phenoxy) is 1. The van der Waals surface area contributed by atoms with E-state index < -0.39 is 6.10 Å². The van der Waals surface area contributed by atoms with Gasteiger partial charge in [-0.1, -0.05) is 6.92 Å². The van der Waals surface area contributed by atoms with Crippen LogP contribution in [0, 0.1) is 0 Å². The van der Waals surface area contributed by atoms with Gasteiger partial charge >= 0.3 is 0 Å². The molecule has 2 atom stereocenters. The van der Waals surface area contributed by atoms with Gasteiger partial charge in [0.2, 0.25) is 0 Å². The van der Waals surface area contributed by atoms with E-state index in [9.17, 15) is 5.11 Å². The molecule has 0 aromatic carbocycles. The number of hydrogen-bond donors (Lipinski definition) is 1. The zero-order valence-corrected chi connectivity index (χ0v) is 10.5. The van der Waals surface area contributed by atoms with E-state index in [2.05, 4.69) is 9.88 Å². The van der Waals surface area contributed by atoms with Crippen molar-refractivity contribution in [3.8, 4) is 0 Å². The molecule has 94 valence electrons. The van der Waals surface area contributed by atoms with Gasteiger partial charge in [-0.3, -0.25) is 4.98 Å². The van der Waals surface area contributed by atoms with Crippen molar-refractivity contribution < 1.29 is 9.84 Å². The Labute approximate surface area is 102 Å². The highest BCUT2D eigenvalue weighted by atomic mass is 16.5. The molecule has 2 unspecified atom stereocenters. The summed E-state index contributed by atoms with van der Waals surface area (Å²) in [5.41, 5.74) is 1.86. The lowest BCUT2D eigenvalue weighted by atomic mass is 10.2. The third kappa shape index (κ3) is 2.76. The fourth-order valence-corrected chi connectivity index (χ4v) is 2.15. The lowest BCUT2D eigenvalue weighted by Gasteiger charge is -2.18. The molecule has 2 heterocycles. The van der Waals surface area contributed by atoms with Gasteiger partial charge in [-0.05, 0) is 25.0 Å². The average Bonchev–Trinajstić information content (AvgIpc) is 2.87. The van der Waals surface area contributed by atoms with Crippen LogP contribution < -0.4 is 4.90 Å². The zero-order chi connectivity index (χ0) is 12.3. The monoisotopic (exact) mass is 236 g/mol. The van der Waals surface area contributed by atoms with Crippen LogP contribution in [0.5, 0.6) is 0 Å². The van der Waals surface area contributed by atoms with Crippen molar-refractivity contribution in [3.63, 3.8) is 0 Å². The Morgan fingerprint density at radius 2 is 2.41 bits per heavy atom. The number of aliphatic hydroxyl groups excluding tert-OH is 1. The lowest BCUT2D eigenvalue weighted by Crippen LogP contribution is -2.22. The van der Waals surface area contributed by atoms with Gasteiger partial charge in [0, 0.05) is 20.2 Å². The quantitative estimate of drug-likeness (QED) is 0.865. The molecule has 0 spiro atoms. The van der Waals surface area contributed by atoms with Crippen LogP contribution in [0.2, 0.25) is 0 Å². The van der Waals surface area contributed by atoms with Gasteiger partial charge in [0.05, 0.1) is 29.8 Å². The van der Waals surface area contributed by atoms with E-state index in [1.807, 2.05) is 25.3 Å². The highest BCUT2D eigenvalue weighted by molar-refractivity contribution is 5.46. The molecular formula is C13H20N2O2. The highest BCUT2D eigenvalue weighted by Crippen LogP contribution is 2.22. The third-order valence-corrected chi connectivity index (χ3v) is 3.34. The Hall–Kier alpha value is -1.13. The van der Waals surface area contributed by atoms with Crippen molar-refractivity contribution in [1.29, 1.82) is 0 Å². The van der Waals surface area contributed by atoms with E-state index in [1.165, 1.54) is 0 Å². The van der Waals surface area contributed by atoms with Crippen LogP contribution in [0.25, 0.3) is 0 Å². The number of hydrogen-bond acceptors (Lipinski definition) is 4. The Bertz CT molecular complexity index is 353. The Balaban J connectivity index is 2.03. The maximum Gasteiger partial charge on any atom is 0.0957 e. The molecule has 2 rings (SSSR count). The zero-order valence-electron chi connectivity index (χ0n) is 10.5. The van der Waals surface area contributed by atoms with E-state index in [0.717, 1.165) is 30.9 Å². The average molecular weight is 236 g/mol. The van der Waals surface area contributed by atoms with Crippen LogP contribution in [0.15, 0.2) is 18.3 Å². The summed E-state index contributed by atoms with van der Waals surface area (Å²) in [4.78, 5) is 6.58. The molecular weight excluding hydrogens is 216 g/mol. The van der Waals surface area contributed by atoms with Crippen LogP contribution in [0.1, 0.15) is 31.6 Å². The van der Waals surface area contributed by atoms with Gasteiger partial charge in [0.15, 0.2) is 0 Å². The Morgan fingerprint density at radius 1 is 1.59 bits per heavy atom. The first-order valence-corrected chi connectivity index (χ1v) is 6.16. The molecule has 1 N–H and O–H groups in total. The molecule has 4 heteroatoms. The molecule has 4 nitrogen and oxygen atoms in total. The number of aliphatic hydroxyl groups is 1. The first-order valence-electron chi connectivity index (χ1n) is 6.16. The molecule has 1 aliphatic heterocycles. The molecule has 1 aromatic heterocycles. The lowest BCUT2D eigenvalue weighted by molar-refractivity contribution is 0.121. The van der Waals surface area contributed by atoms with E-state index in [1.54, 1.807) is 7.11 Å². The summed E-state index contributed by atoms with van der Waals surface area (Å²) in [7, 11) is 1.76. The summed E-state index contributed by atoms with van der Waals surface area (Å²) in [6.07, 6.45) is 3.48. The minimum Gasteiger partial charge on any atom is -0.387 e. The molecule has 0 radical (unpaired) electrons. The van der Waals surface area contributed by atoms with Crippen LogP contribution in [0.4, 0.5) is 5.69 Å². The maximum absolute atomic E-state index is 9.67. The molecule has 1 saturated heterocycles.